The number of halogens is 1. The maximum atomic E-state index is 12.8. The largest absolute Gasteiger partial charge is 0.494 e. The van der Waals surface area contributed by atoms with Crippen LogP contribution in [0.25, 0.3) is 17.1 Å². The van der Waals surface area contributed by atoms with E-state index in [9.17, 15) is 4.79 Å². The fraction of sp³-hybridized carbons (Fsp3) is 0.125. The Hall–Kier alpha value is -3.64. The third-order valence-corrected chi connectivity index (χ3v) is 4.83. The van der Waals surface area contributed by atoms with Crippen molar-refractivity contribution in [2.24, 2.45) is 0 Å². The molecular formula is C24H21ClN4O2. The fourth-order valence-corrected chi connectivity index (χ4v) is 3.27. The summed E-state index contributed by atoms with van der Waals surface area (Å²) in [6.45, 7) is 4.54. The molecule has 1 N–H and O–H groups in total. The summed E-state index contributed by atoms with van der Waals surface area (Å²) in [4.78, 5) is 17.4. The van der Waals surface area contributed by atoms with Crippen LogP contribution in [0, 0.1) is 6.92 Å². The molecule has 156 valence electrons. The van der Waals surface area contributed by atoms with Crippen LogP contribution in [0.3, 0.4) is 0 Å². The molecule has 31 heavy (non-hydrogen) atoms. The van der Waals surface area contributed by atoms with Gasteiger partial charge in [0.2, 0.25) is 5.82 Å². The molecule has 4 rings (SSSR count). The molecule has 0 aliphatic rings. The molecule has 3 aromatic carbocycles. The summed E-state index contributed by atoms with van der Waals surface area (Å²) in [5.41, 5.74) is 3.34. The van der Waals surface area contributed by atoms with E-state index >= 15 is 0 Å². The lowest BCUT2D eigenvalue weighted by molar-refractivity contribution is 0.101. The second kappa shape index (κ2) is 9.02. The zero-order chi connectivity index (χ0) is 21.8. The van der Waals surface area contributed by atoms with Crippen molar-refractivity contribution in [3.63, 3.8) is 0 Å². The Morgan fingerprint density at radius 2 is 1.81 bits per heavy atom. The second-order valence-electron chi connectivity index (χ2n) is 6.93. The van der Waals surface area contributed by atoms with Gasteiger partial charge in [-0.05, 0) is 56.3 Å². The van der Waals surface area contributed by atoms with Gasteiger partial charge in [-0.15, -0.1) is 5.10 Å². The van der Waals surface area contributed by atoms with Crippen molar-refractivity contribution >= 4 is 23.2 Å². The number of amides is 1. The molecule has 1 heterocycles. The number of aryl methyl sites for hydroxylation is 1. The lowest BCUT2D eigenvalue weighted by Crippen LogP contribution is -2.14. The third kappa shape index (κ3) is 4.75. The molecular weight excluding hydrogens is 412 g/mol. The summed E-state index contributed by atoms with van der Waals surface area (Å²) in [6, 6.07) is 22.4. The van der Waals surface area contributed by atoms with Gasteiger partial charge in [-0.1, -0.05) is 47.5 Å². The van der Waals surface area contributed by atoms with E-state index in [4.69, 9.17) is 16.3 Å². The van der Waals surface area contributed by atoms with Crippen molar-refractivity contribution in [2.75, 3.05) is 11.9 Å². The Morgan fingerprint density at radius 1 is 1.06 bits per heavy atom. The fourth-order valence-electron chi connectivity index (χ4n) is 3.08. The lowest BCUT2D eigenvalue weighted by atomic mass is 10.1. The summed E-state index contributed by atoms with van der Waals surface area (Å²) in [5.74, 6) is 0.979. The predicted molar refractivity (Wildman–Crippen MR) is 122 cm³/mol. The maximum Gasteiger partial charge on any atom is 0.295 e. The first-order chi connectivity index (χ1) is 15.0. The lowest BCUT2D eigenvalue weighted by Gasteiger charge is -2.08. The van der Waals surface area contributed by atoms with Gasteiger partial charge < -0.3 is 10.1 Å². The van der Waals surface area contributed by atoms with E-state index < -0.39 is 5.91 Å². The van der Waals surface area contributed by atoms with Crippen LogP contribution in [-0.4, -0.2) is 27.3 Å². The summed E-state index contributed by atoms with van der Waals surface area (Å²) in [7, 11) is 0. The van der Waals surface area contributed by atoms with E-state index in [1.807, 2.05) is 62.4 Å². The zero-order valence-corrected chi connectivity index (χ0v) is 17.9. The van der Waals surface area contributed by atoms with Crippen molar-refractivity contribution in [1.82, 2.24) is 14.8 Å². The number of nitrogens with zero attached hydrogens (tertiary/aromatic N) is 3. The minimum atomic E-state index is -0.416. The number of nitrogens with one attached hydrogen (secondary N) is 1. The molecule has 0 bridgehead atoms. The van der Waals surface area contributed by atoms with Gasteiger partial charge in [0, 0.05) is 16.3 Å². The van der Waals surface area contributed by atoms with E-state index in [2.05, 4.69) is 15.4 Å². The molecule has 0 radical (unpaired) electrons. The predicted octanol–water partition coefficient (Wildman–Crippen LogP) is 5.55. The summed E-state index contributed by atoms with van der Waals surface area (Å²) in [6.07, 6.45) is 0. The van der Waals surface area contributed by atoms with Gasteiger partial charge in [0.05, 0.1) is 12.3 Å². The standard InChI is InChI=1S/C24H21ClN4O2/c1-3-31-21-13-11-20(12-14-21)29-23(17-9-7-16(2)8-10-17)27-22(28-29)24(30)26-19-6-4-5-18(25)15-19/h4-15H,3H2,1-2H3,(H,26,30). The van der Waals surface area contributed by atoms with Crippen LogP contribution in [0.15, 0.2) is 72.8 Å². The van der Waals surface area contributed by atoms with Crippen LogP contribution in [0.4, 0.5) is 5.69 Å². The van der Waals surface area contributed by atoms with Gasteiger partial charge in [0.1, 0.15) is 5.75 Å². The quantitative estimate of drug-likeness (QED) is 0.434. The monoisotopic (exact) mass is 432 g/mol. The van der Waals surface area contributed by atoms with Crippen molar-refractivity contribution < 1.29 is 9.53 Å². The molecule has 0 atom stereocenters. The number of benzene rings is 3. The molecule has 0 aliphatic heterocycles. The highest BCUT2D eigenvalue weighted by atomic mass is 35.5. The van der Waals surface area contributed by atoms with E-state index in [0.29, 0.717) is 23.1 Å². The highest BCUT2D eigenvalue weighted by Crippen LogP contribution is 2.24. The first-order valence-electron chi connectivity index (χ1n) is 9.88. The molecule has 0 spiro atoms. The molecule has 0 saturated carbocycles. The normalized spacial score (nSPS) is 10.7. The number of rotatable bonds is 6. The van der Waals surface area contributed by atoms with E-state index in [1.54, 1.807) is 28.9 Å². The zero-order valence-electron chi connectivity index (χ0n) is 17.2. The smallest absolute Gasteiger partial charge is 0.295 e. The number of carbonyl (C=O) groups excluding carboxylic acids is 1. The number of aromatic nitrogens is 3. The van der Waals surface area contributed by atoms with Crippen molar-refractivity contribution in [1.29, 1.82) is 0 Å². The molecule has 0 saturated heterocycles. The molecule has 7 heteroatoms. The Morgan fingerprint density at radius 3 is 2.48 bits per heavy atom. The Labute approximate surface area is 185 Å². The van der Waals surface area contributed by atoms with Gasteiger partial charge in [-0.25, -0.2) is 9.67 Å². The summed E-state index contributed by atoms with van der Waals surface area (Å²) in [5, 5.41) is 7.82. The molecule has 1 amide bonds. The molecule has 1 aromatic heterocycles. The van der Waals surface area contributed by atoms with Crippen molar-refractivity contribution in [2.45, 2.75) is 13.8 Å². The van der Waals surface area contributed by atoms with Crippen molar-refractivity contribution in [3.8, 4) is 22.8 Å². The average Bonchev–Trinajstić information content (AvgIpc) is 3.21. The van der Waals surface area contributed by atoms with E-state index in [1.165, 1.54) is 0 Å². The molecule has 0 fully saturated rings. The molecule has 6 nitrogen and oxygen atoms in total. The minimum absolute atomic E-state index is 0.0597. The van der Waals surface area contributed by atoms with Crippen LogP contribution in [0.2, 0.25) is 5.02 Å². The number of anilines is 1. The third-order valence-electron chi connectivity index (χ3n) is 4.59. The van der Waals surface area contributed by atoms with Gasteiger partial charge in [0.15, 0.2) is 5.82 Å². The Balaban J connectivity index is 1.72. The number of carbonyl (C=O) groups is 1. The second-order valence-corrected chi connectivity index (χ2v) is 7.36. The minimum Gasteiger partial charge on any atom is -0.494 e. The number of hydrogen-bond donors (Lipinski definition) is 1. The Kier molecular flexibility index (Phi) is 6.00. The van der Waals surface area contributed by atoms with E-state index in [-0.39, 0.29) is 5.82 Å². The SMILES string of the molecule is CCOc1ccc(-n2nc(C(=O)Nc3cccc(Cl)c3)nc2-c2ccc(C)cc2)cc1. The van der Waals surface area contributed by atoms with Crippen LogP contribution in [0.1, 0.15) is 23.1 Å². The van der Waals surface area contributed by atoms with Gasteiger partial charge in [-0.2, -0.15) is 0 Å². The molecule has 4 aromatic rings. The van der Waals surface area contributed by atoms with Gasteiger partial charge >= 0.3 is 0 Å². The van der Waals surface area contributed by atoms with Crippen LogP contribution in [0.5, 0.6) is 5.75 Å². The number of ether oxygens (including phenoxy) is 1. The van der Waals surface area contributed by atoms with Gasteiger partial charge in [0.25, 0.3) is 5.91 Å². The van der Waals surface area contributed by atoms with E-state index in [0.717, 1.165) is 22.6 Å². The average molecular weight is 433 g/mol. The van der Waals surface area contributed by atoms with Crippen LogP contribution in [-0.2, 0) is 0 Å². The summed E-state index contributed by atoms with van der Waals surface area (Å²) < 4.78 is 7.18. The Bertz CT molecular complexity index is 1200. The molecule has 0 unspecified atom stereocenters. The van der Waals surface area contributed by atoms with Crippen LogP contribution < -0.4 is 10.1 Å². The van der Waals surface area contributed by atoms with Crippen molar-refractivity contribution in [3.05, 3.63) is 89.2 Å². The molecule has 0 aliphatic carbocycles. The number of hydrogen-bond acceptors (Lipinski definition) is 4. The first-order valence-corrected chi connectivity index (χ1v) is 10.3. The topological polar surface area (TPSA) is 69.0 Å². The first kappa shape index (κ1) is 20.6. The maximum absolute atomic E-state index is 12.8. The van der Waals surface area contributed by atoms with Crippen LogP contribution >= 0.6 is 11.6 Å². The highest BCUT2D eigenvalue weighted by Gasteiger charge is 2.19. The van der Waals surface area contributed by atoms with Gasteiger partial charge in [-0.3, -0.25) is 4.79 Å². The highest BCUT2D eigenvalue weighted by molar-refractivity contribution is 6.30. The summed E-state index contributed by atoms with van der Waals surface area (Å²) >= 11 is 6.01.